The number of aromatic hydroxyl groups is 1. The number of phenolic OH excluding ortho intramolecular Hbond substituents is 1. The lowest BCUT2D eigenvalue weighted by Gasteiger charge is -2.17. The van der Waals surface area contributed by atoms with Gasteiger partial charge in [-0.05, 0) is 55.0 Å². The van der Waals surface area contributed by atoms with Gasteiger partial charge in [0.1, 0.15) is 0 Å². The highest BCUT2D eigenvalue weighted by Crippen LogP contribution is 2.34. The van der Waals surface area contributed by atoms with E-state index in [1.807, 2.05) is 31.2 Å². The largest absolute Gasteiger partial charge is 0.504 e. The van der Waals surface area contributed by atoms with Gasteiger partial charge in [-0.1, -0.05) is 35.5 Å². The van der Waals surface area contributed by atoms with Crippen LogP contribution in [-0.4, -0.2) is 27.5 Å². The fraction of sp³-hybridized carbons (Fsp3) is 0.111. The number of phenols is 1. The van der Waals surface area contributed by atoms with E-state index in [2.05, 4.69) is 5.43 Å². The summed E-state index contributed by atoms with van der Waals surface area (Å²) in [7, 11) is 1.48. The number of amides is 1. The van der Waals surface area contributed by atoms with Crippen LogP contribution >= 0.6 is 24.0 Å². The van der Waals surface area contributed by atoms with Crippen LogP contribution in [0.4, 0.5) is 5.69 Å². The van der Waals surface area contributed by atoms with Gasteiger partial charge in [-0.25, -0.2) is 5.01 Å². The number of methoxy groups -OCH3 is 1. The second-order valence-corrected chi connectivity index (χ2v) is 7.10. The number of carbonyl (C=O) groups excluding carboxylic acids is 1. The van der Waals surface area contributed by atoms with Crippen molar-refractivity contribution >= 4 is 46.0 Å². The predicted octanol–water partition coefficient (Wildman–Crippen LogP) is 3.94. The van der Waals surface area contributed by atoms with Crippen LogP contribution in [0.2, 0.25) is 0 Å². The fourth-order valence-corrected chi connectivity index (χ4v) is 3.44. The van der Waals surface area contributed by atoms with E-state index in [0.717, 1.165) is 16.8 Å². The second kappa shape index (κ2) is 7.16. The van der Waals surface area contributed by atoms with Gasteiger partial charge < -0.3 is 9.84 Å². The number of anilines is 1. The molecule has 1 saturated heterocycles. The molecule has 0 aliphatic carbocycles. The standard InChI is InChI=1S/C18H16N2O3S2/c1-11-3-6-13(7-4-11)19-20-17(22)16(25-18(20)24)10-12-5-8-14(21)15(9-12)23-2/h3-10,19,21H,1-2H3/b16-10+. The molecule has 2 N–H and O–H groups in total. The first-order chi connectivity index (χ1) is 12.0. The van der Waals surface area contributed by atoms with Gasteiger partial charge in [0.15, 0.2) is 15.8 Å². The smallest absolute Gasteiger partial charge is 0.285 e. The molecule has 2 aromatic carbocycles. The number of thiocarbonyl (C=S) groups is 1. The summed E-state index contributed by atoms with van der Waals surface area (Å²) in [6, 6.07) is 12.6. The Morgan fingerprint density at radius 3 is 2.64 bits per heavy atom. The number of benzene rings is 2. The van der Waals surface area contributed by atoms with Crippen molar-refractivity contribution in [3.05, 3.63) is 58.5 Å². The van der Waals surface area contributed by atoms with Crippen molar-refractivity contribution in [3.63, 3.8) is 0 Å². The summed E-state index contributed by atoms with van der Waals surface area (Å²) >= 11 is 6.52. The van der Waals surface area contributed by atoms with Gasteiger partial charge in [-0.2, -0.15) is 0 Å². The summed E-state index contributed by atoms with van der Waals surface area (Å²) < 4.78 is 5.52. The quantitative estimate of drug-likeness (QED) is 0.626. The highest BCUT2D eigenvalue weighted by molar-refractivity contribution is 8.26. The van der Waals surface area contributed by atoms with Crippen LogP contribution < -0.4 is 10.2 Å². The summed E-state index contributed by atoms with van der Waals surface area (Å²) in [5, 5.41) is 11.0. The summed E-state index contributed by atoms with van der Waals surface area (Å²) in [6.07, 6.45) is 1.72. The molecule has 0 atom stereocenters. The summed E-state index contributed by atoms with van der Waals surface area (Å²) in [4.78, 5) is 13.1. The zero-order valence-electron chi connectivity index (χ0n) is 13.6. The van der Waals surface area contributed by atoms with Crippen molar-refractivity contribution in [3.8, 4) is 11.5 Å². The van der Waals surface area contributed by atoms with Gasteiger partial charge in [-0.3, -0.25) is 10.2 Å². The third-order valence-electron chi connectivity index (χ3n) is 3.59. The van der Waals surface area contributed by atoms with Gasteiger partial charge >= 0.3 is 0 Å². The van der Waals surface area contributed by atoms with E-state index in [-0.39, 0.29) is 11.7 Å². The van der Waals surface area contributed by atoms with E-state index in [0.29, 0.717) is 15.0 Å². The lowest BCUT2D eigenvalue weighted by atomic mass is 10.2. The van der Waals surface area contributed by atoms with Crippen molar-refractivity contribution in [1.29, 1.82) is 0 Å². The molecule has 0 radical (unpaired) electrons. The van der Waals surface area contributed by atoms with Gasteiger partial charge in [0.05, 0.1) is 17.7 Å². The maximum atomic E-state index is 12.6. The first-order valence-electron chi connectivity index (χ1n) is 7.46. The molecular weight excluding hydrogens is 356 g/mol. The number of ether oxygens (including phenoxy) is 1. The molecular formula is C18H16N2O3S2. The molecule has 1 aliphatic heterocycles. The average Bonchev–Trinajstić information content (AvgIpc) is 2.86. The van der Waals surface area contributed by atoms with Crippen LogP contribution in [0, 0.1) is 6.92 Å². The van der Waals surface area contributed by atoms with Crippen LogP contribution in [0.25, 0.3) is 6.08 Å². The number of carbonyl (C=O) groups is 1. The number of rotatable bonds is 4. The van der Waals surface area contributed by atoms with Gasteiger partial charge in [0.25, 0.3) is 5.91 Å². The number of hydrogen-bond donors (Lipinski definition) is 2. The number of hydrogen-bond acceptors (Lipinski definition) is 6. The lowest BCUT2D eigenvalue weighted by Crippen LogP contribution is -2.33. The minimum atomic E-state index is -0.220. The Bertz CT molecular complexity index is 863. The van der Waals surface area contributed by atoms with E-state index in [1.165, 1.54) is 29.9 Å². The van der Waals surface area contributed by atoms with Crippen LogP contribution in [0.1, 0.15) is 11.1 Å². The van der Waals surface area contributed by atoms with Crippen molar-refractivity contribution in [2.45, 2.75) is 6.92 Å². The Morgan fingerprint density at radius 1 is 1.24 bits per heavy atom. The van der Waals surface area contributed by atoms with Crippen LogP contribution in [0.5, 0.6) is 11.5 Å². The van der Waals surface area contributed by atoms with Gasteiger partial charge in [0.2, 0.25) is 0 Å². The monoisotopic (exact) mass is 372 g/mol. The molecule has 25 heavy (non-hydrogen) atoms. The molecule has 1 amide bonds. The molecule has 5 nitrogen and oxygen atoms in total. The zero-order chi connectivity index (χ0) is 18.0. The number of aryl methyl sites for hydroxylation is 1. The molecule has 0 unspecified atom stereocenters. The third kappa shape index (κ3) is 3.78. The third-order valence-corrected chi connectivity index (χ3v) is 4.89. The van der Waals surface area contributed by atoms with Crippen LogP contribution in [0.3, 0.4) is 0 Å². The van der Waals surface area contributed by atoms with E-state index in [4.69, 9.17) is 17.0 Å². The topological polar surface area (TPSA) is 61.8 Å². The normalized spacial score (nSPS) is 15.8. The predicted molar refractivity (Wildman–Crippen MR) is 104 cm³/mol. The summed E-state index contributed by atoms with van der Waals surface area (Å²) in [6.45, 7) is 2.00. The van der Waals surface area contributed by atoms with Gasteiger partial charge in [-0.15, -0.1) is 0 Å². The molecule has 0 aromatic heterocycles. The van der Waals surface area contributed by atoms with E-state index >= 15 is 0 Å². The molecule has 3 rings (SSSR count). The Balaban J connectivity index is 1.82. The molecule has 128 valence electrons. The van der Waals surface area contributed by atoms with E-state index in [9.17, 15) is 9.90 Å². The summed E-state index contributed by atoms with van der Waals surface area (Å²) in [5.74, 6) is 0.179. The minimum Gasteiger partial charge on any atom is -0.504 e. The number of hydrazine groups is 1. The second-order valence-electron chi connectivity index (χ2n) is 5.43. The first kappa shape index (κ1) is 17.3. The van der Waals surface area contributed by atoms with Crippen molar-refractivity contribution in [1.82, 2.24) is 5.01 Å². The number of nitrogens with one attached hydrogen (secondary N) is 1. The Labute approximate surface area is 155 Å². The average molecular weight is 372 g/mol. The summed E-state index contributed by atoms with van der Waals surface area (Å²) in [5.41, 5.74) is 5.70. The Morgan fingerprint density at radius 2 is 1.96 bits per heavy atom. The van der Waals surface area contributed by atoms with E-state index in [1.54, 1.807) is 18.2 Å². The highest BCUT2D eigenvalue weighted by atomic mass is 32.2. The molecule has 1 fully saturated rings. The SMILES string of the molecule is COc1cc(/C=C2/SC(=S)N(Nc3ccc(C)cc3)C2=O)ccc1O. The first-order valence-corrected chi connectivity index (χ1v) is 8.68. The Kier molecular flexibility index (Phi) is 4.96. The van der Waals surface area contributed by atoms with E-state index < -0.39 is 0 Å². The molecule has 0 saturated carbocycles. The highest BCUT2D eigenvalue weighted by Gasteiger charge is 2.32. The van der Waals surface area contributed by atoms with Gasteiger partial charge in [0, 0.05) is 0 Å². The Hall–Kier alpha value is -2.51. The zero-order valence-corrected chi connectivity index (χ0v) is 15.3. The van der Waals surface area contributed by atoms with Crippen molar-refractivity contribution in [2.24, 2.45) is 0 Å². The minimum absolute atomic E-state index is 0.0493. The van der Waals surface area contributed by atoms with Crippen molar-refractivity contribution < 1.29 is 14.6 Å². The number of nitrogens with zero attached hydrogens (tertiary/aromatic N) is 1. The lowest BCUT2D eigenvalue weighted by molar-refractivity contribution is -0.121. The molecule has 0 bridgehead atoms. The molecule has 2 aromatic rings. The van der Waals surface area contributed by atoms with Crippen molar-refractivity contribution in [2.75, 3.05) is 12.5 Å². The van der Waals surface area contributed by atoms with Crippen LogP contribution in [-0.2, 0) is 4.79 Å². The molecule has 7 heteroatoms. The molecule has 1 aliphatic rings. The molecule has 1 heterocycles. The van der Waals surface area contributed by atoms with Crippen LogP contribution in [0.15, 0.2) is 47.4 Å². The maximum Gasteiger partial charge on any atom is 0.285 e. The molecule has 0 spiro atoms. The number of thioether (sulfide) groups is 1. The fourth-order valence-electron chi connectivity index (χ4n) is 2.26. The maximum absolute atomic E-state index is 12.6.